The molecule has 0 radical (unpaired) electrons. The SMILES string of the molecule is O=C(N[C@@H]1CCNC1)c1cc(F)c(F)c(F)c1. The van der Waals surface area contributed by atoms with Gasteiger partial charge in [-0.25, -0.2) is 13.2 Å². The quantitative estimate of drug-likeness (QED) is 0.767. The summed E-state index contributed by atoms with van der Waals surface area (Å²) in [5.74, 6) is -4.89. The molecule has 0 bridgehead atoms. The predicted molar refractivity (Wildman–Crippen MR) is 55.1 cm³/mol. The summed E-state index contributed by atoms with van der Waals surface area (Å²) in [4.78, 5) is 11.6. The molecule has 1 aromatic rings. The van der Waals surface area contributed by atoms with E-state index in [1.165, 1.54) is 0 Å². The fraction of sp³-hybridized carbons (Fsp3) is 0.364. The second-order valence-corrected chi connectivity index (χ2v) is 3.92. The average Bonchev–Trinajstić information content (AvgIpc) is 2.77. The highest BCUT2D eigenvalue weighted by Crippen LogP contribution is 2.14. The second-order valence-electron chi connectivity index (χ2n) is 3.92. The maximum Gasteiger partial charge on any atom is 0.251 e. The van der Waals surface area contributed by atoms with E-state index in [9.17, 15) is 18.0 Å². The molecule has 1 atom stereocenters. The molecule has 1 fully saturated rings. The van der Waals surface area contributed by atoms with E-state index >= 15 is 0 Å². The zero-order valence-corrected chi connectivity index (χ0v) is 8.90. The van der Waals surface area contributed by atoms with Crippen LogP contribution in [0.25, 0.3) is 0 Å². The van der Waals surface area contributed by atoms with Crippen LogP contribution in [0.5, 0.6) is 0 Å². The Bertz CT molecular complexity index is 421. The van der Waals surface area contributed by atoms with Crippen LogP contribution in [0.4, 0.5) is 13.2 Å². The minimum Gasteiger partial charge on any atom is -0.348 e. The molecule has 1 heterocycles. The van der Waals surface area contributed by atoms with Gasteiger partial charge in [-0.2, -0.15) is 0 Å². The minimum atomic E-state index is -1.57. The van der Waals surface area contributed by atoms with Gasteiger partial charge in [0, 0.05) is 18.2 Å². The molecule has 92 valence electrons. The highest BCUT2D eigenvalue weighted by Gasteiger charge is 2.20. The van der Waals surface area contributed by atoms with E-state index in [1.807, 2.05) is 0 Å². The minimum absolute atomic E-state index is 0.0568. The van der Waals surface area contributed by atoms with Crippen LogP contribution in [0.15, 0.2) is 12.1 Å². The maximum absolute atomic E-state index is 12.9. The van der Waals surface area contributed by atoms with Gasteiger partial charge in [0.2, 0.25) is 0 Å². The van der Waals surface area contributed by atoms with Crippen LogP contribution >= 0.6 is 0 Å². The van der Waals surface area contributed by atoms with Crippen molar-refractivity contribution in [1.29, 1.82) is 0 Å². The highest BCUT2D eigenvalue weighted by molar-refractivity contribution is 5.94. The lowest BCUT2D eigenvalue weighted by atomic mass is 10.1. The highest BCUT2D eigenvalue weighted by atomic mass is 19.2. The Morgan fingerprint density at radius 1 is 1.29 bits per heavy atom. The zero-order valence-electron chi connectivity index (χ0n) is 8.90. The summed E-state index contributed by atoms with van der Waals surface area (Å²) in [5, 5.41) is 5.65. The molecule has 2 rings (SSSR count). The molecule has 0 aliphatic carbocycles. The summed E-state index contributed by atoms with van der Waals surface area (Å²) in [7, 11) is 0. The molecule has 1 aliphatic rings. The summed E-state index contributed by atoms with van der Waals surface area (Å²) >= 11 is 0. The van der Waals surface area contributed by atoms with Crippen molar-refractivity contribution in [2.24, 2.45) is 0 Å². The largest absolute Gasteiger partial charge is 0.348 e. The van der Waals surface area contributed by atoms with E-state index < -0.39 is 23.4 Å². The third-order valence-corrected chi connectivity index (χ3v) is 2.64. The molecule has 0 unspecified atom stereocenters. The summed E-state index contributed by atoms with van der Waals surface area (Å²) in [6.45, 7) is 1.41. The standard InChI is InChI=1S/C11H11F3N2O/c12-8-3-6(4-9(13)10(8)14)11(17)16-7-1-2-15-5-7/h3-4,7,15H,1-2,5H2,(H,16,17)/t7-/m1/s1. The van der Waals surface area contributed by atoms with Gasteiger partial charge in [0.15, 0.2) is 17.5 Å². The van der Waals surface area contributed by atoms with E-state index in [1.54, 1.807) is 0 Å². The molecule has 1 amide bonds. The molecule has 0 spiro atoms. The van der Waals surface area contributed by atoms with Crippen molar-refractivity contribution >= 4 is 5.91 Å². The molecule has 6 heteroatoms. The van der Waals surface area contributed by atoms with Gasteiger partial charge in [-0.3, -0.25) is 4.79 Å². The smallest absolute Gasteiger partial charge is 0.251 e. The molecule has 0 saturated carbocycles. The van der Waals surface area contributed by atoms with Crippen molar-refractivity contribution in [1.82, 2.24) is 10.6 Å². The van der Waals surface area contributed by atoms with E-state index in [0.717, 1.165) is 13.0 Å². The first-order valence-corrected chi connectivity index (χ1v) is 5.24. The normalized spacial score (nSPS) is 19.4. The van der Waals surface area contributed by atoms with Crippen LogP contribution in [0.3, 0.4) is 0 Å². The Labute approximate surface area is 96.0 Å². The third kappa shape index (κ3) is 2.58. The number of amides is 1. The molecule has 17 heavy (non-hydrogen) atoms. The monoisotopic (exact) mass is 244 g/mol. The fourth-order valence-electron chi connectivity index (χ4n) is 1.73. The molecule has 2 N–H and O–H groups in total. The van der Waals surface area contributed by atoms with Gasteiger partial charge in [0.25, 0.3) is 5.91 Å². The van der Waals surface area contributed by atoms with Gasteiger partial charge in [0.1, 0.15) is 0 Å². The molecule has 1 aromatic carbocycles. The number of halogens is 3. The van der Waals surface area contributed by atoms with Crippen molar-refractivity contribution in [3.8, 4) is 0 Å². The van der Waals surface area contributed by atoms with Gasteiger partial charge in [0.05, 0.1) is 0 Å². The van der Waals surface area contributed by atoms with Crippen LogP contribution in [0.2, 0.25) is 0 Å². The lowest BCUT2D eigenvalue weighted by Crippen LogP contribution is -2.36. The van der Waals surface area contributed by atoms with Gasteiger partial charge in [-0.05, 0) is 25.1 Å². The summed E-state index contributed by atoms with van der Waals surface area (Å²) < 4.78 is 38.5. The predicted octanol–water partition coefficient (Wildman–Crippen LogP) is 1.20. The molecular weight excluding hydrogens is 233 g/mol. The number of benzene rings is 1. The number of hydrogen-bond donors (Lipinski definition) is 2. The first kappa shape index (κ1) is 11.9. The zero-order chi connectivity index (χ0) is 12.4. The van der Waals surface area contributed by atoms with Crippen molar-refractivity contribution in [2.75, 3.05) is 13.1 Å². The van der Waals surface area contributed by atoms with Gasteiger partial charge in [-0.1, -0.05) is 0 Å². The van der Waals surface area contributed by atoms with E-state index in [4.69, 9.17) is 0 Å². The average molecular weight is 244 g/mol. The first-order chi connectivity index (χ1) is 8.08. The fourth-order valence-corrected chi connectivity index (χ4v) is 1.73. The van der Waals surface area contributed by atoms with E-state index in [0.29, 0.717) is 18.7 Å². The molecule has 1 aliphatic heterocycles. The Balaban J connectivity index is 2.13. The summed E-state index contributed by atoms with van der Waals surface area (Å²) in [5.41, 5.74) is -0.215. The molecular formula is C11H11F3N2O. The maximum atomic E-state index is 12.9. The van der Waals surface area contributed by atoms with Crippen molar-refractivity contribution in [2.45, 2.75) is 12.5 Å². The number of rotatable bonds is 2. The Morgan fingerprint density at radius 2 is 1.94 bits per heavy atom. The van der Waals surface area contributed by atoms with E-state index in [2.05, 4.69) is 10.6 Å². The van der Waals surface area contributed by atoms with Crippen LogP contribution in [-0.4, -0.2) is 25.0 Å². The Morgan fingerprint density at radius 3 is 2.47 bits per heavy atom. The number of nitrogens with one attached hydrogen (secondary N) is 2. The number of carbonyl (C=O) groups excluding carboxylic acids is 1. The van der Waals surface area contributed by atoms with Crippen molar-refractivity contribution < 1.29 is 18.0 Å². The molecule has 0 aromatic heterocycles. The van der Waals surface area contributed by atoms with Gasteiger partial charge >= 0.3 is 0 Å². The topological polar surface area (TPSA) is 41.1 Å². The lowest BCUT2D eigenvalue weighted by molar-refractivity contribution is 0.0939. The third-order valence-electron chi connectivity index (χ3n) is 2.64. The van der Waals surface area contributed by atoms with E-state index in [-0.39, 0.29) is 11.6 Å². The molecule has 1 saturated heterocycles. The van der Waals surface area contributed by atoms with Crippen LogP contribution < -0.4 is 10.6 Å². The Kier molecular flexibility index (Phi) is 3.33. The van der Waals surface area contributed by atoms with Crippen molar-refractivity contribution in [3.05, 3.63) is 35.1 Å². The van der Waals surface area contributed by atoms with Gasteiger partial charge < -0.3 is 10.6 Å². The van der Waals surface area contributed by atoms with Crippen LogP contribution in [0, 0.1) is 17.5 Å². The number of hydrogen-bond acceptors (Lipinski definition) is 2. The molecule has 3 nitrogen and oxygen atoms in total. The first-order valence-electron chi connectivity index (χ1n) is 5.24. The second kappa shape index (κ2) is 4.75. The van der Waals surface area contributed by atoms with Crippen molar-refractivity contribution in [3.63, 3.8) is 0 Å². The van der Waals surface area contributed by atoms with Crippen LogP contribution in [0.1, 0.15) is 16.8 Å². The summed E-state index contributed by atoms with van der Waals surface area (Å²) in [6.07, 6.45) is 0.762. The Hall–Kier alpha value is -1.56. The van der Waals surface area contributed by atoms with Gasteiger partial charge in [-0.15, -0.1) is 0 Å². The van der Waals surface area contributed by atoms with Crippen LogP contribution in [-0.2, 0) is 0 Å². The number of carbonyl (C=O) groups is 1. The lowest BCUT2D eigenvalue weighted by Gasteiger charge is -2.11. The summed E-state index contributed by atoms with van der Waals surface area (Å²) in [6, 6.07) is 1.32.